The zero-order valence-corrected chi connectivity index (χ0v) is 12.0. The molecule has 108 valence electrons. The van der Waals surface area contributed by atoms with Crippen molar-refractivity contribution in [2.24, 2.45) is 23.5 Å². The molecule has 2 aliphatic carbocycles. The van der Waals surface area contributed by atoms with Crippen molar-refractivity contribution in [1.82, 2.24) is 4.98 Å². The molecule has 2 aromatic rings. The Balaban J connectivity index is 1.55. The summed E-state index contributed by atoms with van der Waals surface area (Å²) in [7, 11) is 0. The third-order valence-corrected chi connectivity index (χ3v) is 5.36. The van der Waals surface area contributed by atoms with Gasteiger partial charge in [-0.15, -0.1) is 0 Å². The molecule has 3 nitrogen and oxygen atoms in total. The van der Waals surface area contributed by atoms with Gasteiger partial charge in [-0.2, -0.15) is 0 Å². The number of nitrogens with two attached hydrogens (primary N) is 1. The highest BCUT2D eigenvalue weighted by molar-refractivity contribution is 5.85. The number of para-hydroxylation sites is 1. The lowest BCUT2D eigenvalue weighted by molar-refractivity contribution is -0.124. The molecule has 4 unspecified atom stereocenters. The molecule has 1 aromatic heterocycles. The van der Waals surface area contributed by atoms with Crippen LogP contribution in [0.1, 0.15) is 25.0 Å². The fourth-order valence-corrected chi connectivity index (χ4v) is 4.32. The Kier molecular flexibility index (Phi) is 3.03. The van der Waals surface area contributed by atoms with Crippen molar-refractivity contribution in [3.63, 3.8) is 0 Å². The van der Waals surface area contributed by atoms with Gasteiger partial charge in [0.25, 0.3) is 0 Å². The van der Waals surface area contributed by atoms with Crippen LogP contribution in [0.4, 0.5) is 0 Å². The first-order chi connectivity index (χ1) is 10.2. The summed E-state index contributed by atoms with van der Waals surface area (Å²) in [6, 6.07) is 12.1. The molecule has 3 heteroatoms. The maximum absolute atomic E-state index is 12.6. The van der Waals surface area contributed by atoms with Crippen molar-refractivity contribution in [1.29, 1.82) is 0 Å². The first-order valence-corrected chi connectivity index (χ1v) is 7.85. The van der Waals surface area contributed by atoms with Gasteiger partial charge >= 0.3 is 0 Å². The molecule has 4 rings (SSSR count). The van der Waals surface area contributed by atoms with E-state index >= 15 is 0 Å². The van der Waals surface area contributed by atoms with E-state index in [1.807, 2.05) is 36.4 Å². The van der Waals surface area contributed by atoms with Crippen molar-refractivity contribution < 1.29 is 4.79 Å². The molecule has 21 heavy (non-hydrogen) atoms. The molecule has 0 radical (unpaired) electrons. The second-order valence-corrected chi connectivity index (χ2v) is 6.57. The van der Waals surface area contributed by atoms with Gasteiger partial charge in [-0.1, -0.05) is 24.3 Å². The SMILES string of the molecule is NC1C2CCC(C2)C1C(=O)Cc1ccc2ccccc2n1. The summed E-state index contributed by atoms with van der Waals surface area (Å²) in [6.45, 7) is 0. The number of pyridine rings is 1. The highest BCUT2D eigenvalue weighted by atomic mass is 16.1. The van der Waals surface area contributed by atoms with Gasteiger partial charge < -0.3 is 5.73 Å². The van der Waals surface area contributed by atoms with E-state index in [1.54, 1.807) is 0 Å². The molecule has 1 aromatic carbocycles. The summed E-state index contributed by atoms with van der Waals surface area (Å²) in [6.07, 6.45) is 3.97. The van der Waals surface area contributed by atoms with Crippen LogP contribution in [0, 0.1) is 17.8 Å². The normalized spacial score (nSPS) is 30.9. The maximum Gasteiger partial charge on any atom is 0.143 e. The number of hydrogen-bond donors (Lipinski definition) is 1. The molecule has 0 amide bonds. The van der Waals surface area contributed by atoms with Gasteiger partial charge in [-0.05, 0) is 43.2 Å². The van der Waals surface area contributed by atoms with Crippen molar-refractivity contribution in [2.75, 3.05) is 0 Å². The second-order valence-electron chi connectivity index (χ2n) is 6.57. The van der Waals surface area contributed by atoms with Crippen LogP contribution in [0.25, 0.3) is 10.9 Å². The standard InChI is InChI=1S/C18H20N2O/c19-18-13-6-5-12(9-13)17(18)16(21)10-14-8-7-11-3-1-2-4-15(11)20-14/h1-4,7-8,12-13,17-18H,5-6,9-10,19H2. The number of carbonyl (C=O) groups is 1. The highest BCUT2D eigenvalue weighted by Gasteiger charge is 2.48. The number of nitrogens with zero attached hydrogens (tertiary/aromatic N) is 1. The van der Waals surface area contributed by atoms with Gasteiger partial charge in [0.2, 0.25) is 0 Å². The minimum Gasteiger partial charge on any atom is -0.327 e. The van der Waals surface area contributed by atoms with Gasteiger partial charge in [0, 0.05) is 29.5 Å². The Morgan fingerprint density at radius 3 is 2.76 bits per heavy atom. The molecule has 0 spiro atoms. The second kappa shape index (κ2) is 4.92. The van der Waals surface area contributed by atoms with E-state index in [-0.39, 0.29) is 17.7 Å². The van der Waals surface area contributed by atoms with Gasteiger partial charge in [0.1, 0.15) is 5.78 Å². The Hall–Kier alpha value is -1.74. The monoisotopic (exact) mass is 280 g/mol. The Morgan fingerprint density at radius 2 is 1.95 bits per heavy atom. The summed E-state index contributed by atoms with van der Waals surface area (Å²) >= 11 is 0. The number of rotatable bonds is 3. The van der Waals surface area contributed by atoms with Gasteiger partial charge in [-0.3, -0.25) is 9.78 Å². The lowest BCUT2D eigenvalue weighted by Gasteiger charge is -2.26. The summed E-state index contributed by atoms with van der Waals surface area (Å²) in [5.74, 6) is 1.46. The first kappa shape index (κ1) is 13.0. The largest absolute Gasteiger partial charge is 0.327 e. The number of carbonyl (C=O) groups excluding carboxylic acids is 1. The van der Waals surface area contributed by atoms with Crippen molar-refractivity contribution in [2.45, 2.75) is 31.7 Å². The molecule has 2 bridgehead atoms. The lowest BCUT2D eigenvalue weighted by atomic mass is 9.81. The number of Topliss-reactive ketones (excluding diaryl/α,β-unsaturated/α-hetero) is 1. The van der Waals surface area contributed by atoms with Crippen LogP contribution in [0.15, 0.2) is 36.4 Å². The molecule has 2 saturated carbocycles. The van der Waals surface area contributed by atoms with Crippen molar-refractivity contribution in [3.8, 4) is 0 Å². The van der Waals surface area contributed by atoms with Crippen LogP contribution in [0.2, 0.25) is 0 Å². The van der Waals surface area contributed by atoms with E-state index in [9.17, 15) is 4.79 Å². The summed E-state index contributed by atoms with van der Waals surface area (Å²) < 4.78 is 0. The van der Waals surface area contributed by atoms with Gasteiger partial charge in [0.05, 0.1) is 5.52 Å². The van der Waals surface area contributed by atoms with Gasteiger partial charge in [0.15, 0.2) is 0 Å². The topological polar surface area (TPSA) is 56.0 Å². The molecule has 4 atom stereocenters. The number of aromatic nitrogens is 1. The van der Waals surface area contributed by atoms with Crippen LogP contribution < -0.4 is 5.73 Å². The van der Waals surface area contributed by atoms with E-state index in [0.717, 1.165) is 23.0 Å². The number of ketones is 1. The minimum atomic E-state index is 0.0667. The van der Waals surface area contributed by atoms with Crippen LogP contribution in [0.5, 0.6) is 0 Å². The third-order valence-electron chi connectivity index (χ3n) is 5.36. The molecule has 0 aliphatic heterocycles. The molecule has 2 N–H and O–H groups in total. The van der Waals surface area contributed by atoms with Crippen LogP contribution in [-0.4, -0.2) is 16.8 Å². The predicted octanol–water partition coefficient (Wildman–Crippen LogP) is 2.72. The van der Waals surface area contributed by atoms with Gasteiger partial charge in [-0.25, -0.2) is 0 Å². The minimum absolute atomic E-state index is 0.0667. The highest BCUT2D eigenvalue weighted by Crippen LogP contribution is 2.48. The summed E-state index contributed by atoms with van der Waals surface area (Å²) in [5.41, 5.74) is 8.10. The zero-order chi connectivity index (χ0) is 14.4. The van der Waals surface area contributed by atoms with E-state index in [1.165, 1.54) is 12.8 Å². The van der Waals surface area contributed by atoms with Crippen LogP contribution in [0.3, 0.4) is 0 Å². The molecule has 2 fully saturated rings. The molecule has 0 saturated heterocycles. The molecule has 1 heterocycles. The number of hydrogen-bond acceptors (Lipinski definition) is 3. The predicted molar refractivity (Wildman–Crippen MR) is 82.8 cm³/mol. The Labute approximate surface area is 124 Å². The fourth-order valence-electron chi connectivity index (χ4n) is 4.32. The number of fused-ring (bicyclic) bond motifs is 3. The number of benzene rings is 1. The van der Waals surface area contributed by atoms with Crippen molar-refractivity contribution >= 4 is 16.7 Å². The third kappa shape index (κ3) is 2.16. The average molecular weight is 280 g/mol. The van der Waals surface area contributed by atoms with Crippen LogP contribution in [-0.2, 0) is 11.2 Å². The van der Waals surface area contributed by atoms with E-state index < -0.39 is 0 Å². The summed E-state index contributed by atoms with van der Waals surface area (Å²) in [5, 5.41) is 1.12. The summed E-state index contributed by atoms with van der Waals surface area (Å²) in [4.78, 5) is 17.2. The fraction of sp³-hybridized carbons (Fsp3) is 0.444. The lowest BCUT2D eigenvalue weighted by Crippen LogP contribution is -2.40. The van der Waals surface area contributed by atoms with E-state index in [4.69, 9.17) is 5.73 Å². The molecular weight excluding hydrogens is 260 g/mol. The molecular formula is C18H20N2O. The van der Waals surface area contributed by atoms with Crippen LogP contribution >= 0.6 is 0 Å². The maximum atomic E-state index is 12.6. The first-order valence-electron chi connectivity index (χ1n) is 7.85. The Bertz CT molecular complexity index is 694. The molecule has 2 aliphatic rings. The van der Waals surface area contributed by atoms with Crippen molar-refractivity contribution in [3.05, 3.63) is 42.1 Å². The quantitative estimate of drug-likeness (QED) is 0.940. The smallest absolute Gasteiger partial charge is 0.143 e. The average Bonchev–Trinajstić information content (AvgIpc) is 3.08. The van der Waals surface area contributed by atoms with E-state index in [0.29, 0.717) is 18.3 Å². The Morgan fingerprint density at radius 1 is 1.14 bits per heavy atom. The zero-order valence-electron chi connectivity index (χ0n) is 12.0. The van der Waals surface area contributed by atoms with E-state index in [2.05, 4.69) is 4.98 Å².